The highest BCUT2D eigenvalue weighted by atomic mass is 19.4. The van der Waals surface area contributed by atoms with E-state index in [0.29, 0.717) is 0 Å². The molecule has 0 aromatic heterocycles. The first kappa shape index (κ1) is 13.7. The highest BCUT2D eigenvalue weighted by Gasteiger charge is 2.30. The van der Waals surface area contributed by atoms with E-state index in [-0.39, 0.29) is 11.5 Å². The summed E-state index contributed by atoms with van der Waals surface area (Å²) in [4.78, 5) is 11.5. The Labute approximate surface area is 97.1 Å². The summed E-state index contributed by atoms with van der Waals surface area (Å²) < 4.78 is 36.8. The van der Waals surface area contributed by atoms with Gasteiger partial charge in [0.2, 0.25) is 0 Å². The van der Waals surface area contributed by atoms with E-state index in [2.05, 4.69) is 0 Å². The number of alkyl halides is 3. The first-order valence-electron chi connectivity index (χ1n) is 5.12. The molecule has 1 N–H and O–H groups in total. The van der Waals surface area contributed by atoms with Crippen molar-refractivity contribution in [1.82, 2.24) is 0 Å². The summed E-state index contributed by atoms with van der Waals surface area (Å²) in [5, 5.41) is 9.62. The van der Waals surface area contributed by atoms with Gasteiger partial charge in [0.05, 0.1) is 5.56 Å². The maximum atomic E-state index is 12.3. The van der Waals surface area contributed by atoms with Crippen molar-refractivity contribution < 1.29 is 23.1 Å². The number of hydrogen-bond donors (Lipinski definition) is 1. The quantitative estimate of drug-likeness (QED) is 0.890. The van der Waals surface area contributed by atoms with Crippen molar-refractivity contribution >= 4 is 5.78 Å². The van der Waals surface area contributed by atoms with E-state index in [1.807, 2.05) is 0 Å². The Kier molecular flexibility index (Phi) is 3.93. The van der Waals surface area contributed by atoms with Gasteiger partial charge in [-0.1, -0.05) is 26.0 Å². The van der Waals surface area contributed by atoms with Crippen LogP contribution < -0.4 is 0 Å². The van der Waals surface area contributed by atoms with Crippen molar-refractivity contribution in [2.75, 3.05) is 0 Å². The molecule has 2 nitrogen and oxygen atoms in total. The third-order valence-corrected chi connectivity index (χ3v) is 2.39. The fourth-order valence-electron chi connectivity index (χ4n) is 1.33. The number of carbonyl (C=O) groups excluding carboxylic acids is 1. The first-order valence-corrected chi connectivity index (χ1v) is 5.12. The predicted octanol–water partition coefficient (Wildman–Crippen LogP) is 2.96. The van der Waals surface area contributed by atoms with Crippen molar-refractivity contribution in [3.8, 4) is 0 Å². The molecule has 94 valence electrons. The van der Waals surface area contributed by atoms with Gasteiger partial charge < -0.3 is 5.11 Å². The Morgan fingerprint density at radius 1 is 1.18 bits per heavy atom. The molecule has 0 spiro atoms. The van der Waals surface area contributed by atoms with E-state index in [0.717, 1.165) is 24.3 Å². The lowest BCUT2D eigenvalue weighted by Gasteiger charge is -2.13. The van der Waals surface area contributed by atoms with Crippen LogP contribution in [0.4, 0.5) is 13.2 Å². The Bertz CT molecular complexity index is 393. The zero-order valence-corrected chi connectivity index (χ0v) is 9.45. The topological polar surface area (TPSA) is 37.3 Å². The van der Waals surface area contributed by atoms with Crippen molar-refractivity contribution in [2.24, 2.45) is 5.92 Å². The smallest absolute Gasteiger partial charge is 0.381 e. The zero-order chi connectivity index (χ0) is 13.2. The zero-order valence-electron chi connectivity index (χ0n) is 9.45. The van der Waals surface area contributed by atoms with Gasteiger partial charge >= 0.3 is 6.18 Å². The Hall–Kier alpha value is -1.36. The molecule has 0 aliphatic rings. The van der Waals surface area contributed by atoms with Crippen LogP contribution in [0.5, 0.6) is 0 Å². The second-order valence-electron chi connectivity index (χ2n) is 4.08. The number of rotatable bonds is 3. The van der Waals surface area contributed by atoms with Crippen LogP contribution in [-0.2, 0) is 11.0 Å². The molecule has 1 rings (SSSR count). The summed E-state index contributed by atoms with van der Waals surface area (Å²) in [6, 6.07) is 3.94. The monoisotopic (exact) mass is 246 g/mol. The summed E-state index contributed by atoms with van der Waals surface area (Å²) in [5.41, 5.74) is -0.623. The molecular formula is C12H13F3O2. The Morgan fingerprint density at radius 3 is 2.00 bits per heavy atom. The van der Waals surface area contributed by atoms with Gasteiger partial charge in [-0.3, -0.25) is 4.79 Å². The maximum Gasteiger partial charge on any atom is 0.416 e. The van der Waals surface area contributed by atoms with Gasteiger partial charge in [0.1, 0.15) is 6.10 Å². The number of aliphatic hydroxyl groups is 1. The molecule has 1 unspecified atom stereocenters. The van der Waals surface area contributed by atoms with Crippen LogP contribution in [-0.4, -0.2) is 10.9 Å². The Morgan fingerprint density at radius 2 is 1.65 bits per heavy atom. The van der Waals surface area contributed by atoms with Gasteiger partial charge in [0.25, 0.3) is 0 Å². The summed E-state index contributed by atoms with van der Waals surface area (Å²) in [6.07, 6.45) is -5.77. The highest BCUT2D eigenvalue weighted by molar-refractivity contribution is 5.85. The van der Waals surface area contributed by atoms with Crippen molar-refractivity contribution in [3.63, 3.8) is 0 Å². The number of hydrogen-bond acceptors (Lipinski definition) is 2. The van der Waals surface area contributed by atoms with Crippen LogP contribution in [0.15, 0.2) is 24.3 Å². The summed E-state index contributed by atoms with van der Waals surface area (Å²) in [6.45, 7) is 3.24. The minimum Gasteiger partial charge on any atom is -0.381 e. The number of halogens is 3. The summed E-state index contributed by atoms with van der Waals surface area (Å²) in [7, 11) is 0. The number of Topliss-reactive ketones (excluding diaryl/α,β-unsaturated/α-hetero) is 1. The molecular weight excluding hydrogens is 233 g/mol. The standard InChI is InChI=1S/C12H13F3O2/c1-7(2)10(16)11(17)8-3-5-9(6-4-8)12(13,14)15/h3-7,11,17H,1-2H3. The van der Waals surface area contributed by atoms with Gasteiger partial charge in [0.15, 0.2) is 5.78 Å². The number of benzene rings is 1. The first-order chi connectivity index (χ1) is 7.73. The van der Waals surface area contributed by atoms with E-state index >= 15 is 0 Å². The van der Waals surface area contributed by atoms with Gasteiger partial charge in [-0.2, -0.15) is 13.2 Å². The number of aliphatic hydroxyl groups excluding tert-OH is 1. The molecule has 1 aromatic carbocycles. The maximum absolute atomic E-state index is 12.3. The SMILES string of the molecule is CC(C)C(=O)C(O)c1ccc(C(F)(F)F)cc1. The van der Waals surface area contributed by atoms with E-state index in [1.165, 1.54) is 0 Å². The van der Waals surface area contributed by atoms with Crippen molar-refractivity contribution in [2.45, 2.75) is 26.1 Å². The third kappa shape index (κ3) is 3.30. The van der Waals surface area contributed by atoms with E-state index in [9.17, 15) is 23.1 Å². The van der Waals surface area contributed by atoms with Crippen LogP contribution in [0.3, 0.4) is 0 Å². The Balaban J connectivity index is 2.92. The summed E-state index contributed by atoms with van der Waals surface area (Å²) >= 11 is 0. The molecule has 0 saturated carbocycles. The highest BCUT2D eigenvalue weighted by Crippen LogP contribution is 2.30. The molecule has 0 aliphatic carbocycles. The fraction of sp³-hybridized carbons (Fsp3) is 0.417. The average molecular weight is 246 g/mol. The normalized spacial score (nSPS) is 13.8. The molecule has 0 heterocycles. The molecule has 0 aliphatic heterocycles. The third-order valence-electron chi connectivity index (χ3n) is 2.39. The molecule has 0 saturated heterocycles. The summed E-state index contributed by atoms with van der Waals surface area (Å²) in [5.74, 6) is -0.781. The lowest BCUT2D eigenvalue weighted by Crippen LogP contribution is -2.17. The molecule has 5 heteroatoms. The van der Waals surface area contributed by atoms with Crippen LogP contribution in [0, 0.1) is 5.92 Å². The van der Waals surface area contributed by atoms with Crippen LogP contribution >= 0.6 is 0 Å². The average Bonchev–Trinajstić information content (AvgIpc) is 2.26. The van der Waals surface area contributed by atoms with Gasteiger partial charge in [0, 0.05) is 5.92 Å². The van der Waals surface area contributed by atoms with Crippen molar-refractivity contribution in [1.29, 1.82) is 0 Å². The predicted molar refractivity (Wildman–Crippen MR) is 56.2 cm³/mol. The fourth-order valence-corrected chi connectivity index (χ4v) is 1.33. The number of ketones is 1. The van der Waals surface area contributed by atoms with Gasteiger partial charge in [-0.25, -0.2) is 0 Å². The van der Waals surface area contributed by atoms with Gasteiger partial charge in [-0.05, 0) is 17.7 Å². The second kappa shape index (κ2) is 4.87. The minimum absolute atomic E-state index is 0.178. The van der Waals surface area contributed by atoms with Crippen molar-refractivity contribution in [3.05, 3.63) is 35.4 Å². The lowest BCUT2D eigenvalue weighted by atomic mass is 9.97. The molecule has 0 bridgehead atoms. The van der Waals surface area contributed by atoms with E-state index < -0.39 is 23.6 Å². The lowest BCUT2D eigenvalue weighted by molar-refractivity contribution is -0.137. The molecule has 17 heavy (non-hydrogen) atoms. The van der Waals surface area contributed by atoms with Crippen LogP contribution in [0.25, 0.3) is 0 Å². The number of carbonyl (C=O) groups is 1. The minimum atomic E-state index is -4.41. The molecule has 1 aromatic rings. The molecule has 1 atom stereocenters. The van der Waals surface area contributed by atoms with Crippen LogP contribution in [0.1, 0.15) is 31.1 Å². The van der Waals surface area contributed by atoms with Gasteiger partial charge in [-0.15, -0.1) is 0 Å². The largest absolute Gasteiger partial charge is 0.416 e. The van der Waals surface area contributed by atoms with Crippen LogP contribution in [0.2, 0.25) is 0 Å². The van der Waals surface area contributed by atoms with E-state index in [1.54, 1.807) is 13.8 Å². The second-order valence-corrected chi connectivity index (χ2v) is 4.08. The van der Waals surface area contributed by atoms with E-state index in [4.69, 9.17) is 0 Å². The molecule has 0 radical (unpaired) electrons. The molecule has 0 fully saturated rings. The molecule has 0 amide bonds.